The van der Waals surface area contributed by atoms with Gasteiger partial charge >= 0.3 is 0 Å². The Kier molecular flexibility index (Phi) is 3.01. The first-order valence-electron chi connectivity index (χ1n) is 4.89. The minimum atomic E-state index is -0.140. The van der Waals surface area contributed by atoms with Crippen molar-refractivity contribution in [1.82, 2.24) is 15.0 Å². The second-order valence-corrected chi connectivity index (χ2v) is 4.44. The van der Waals surface area contributed by atoms with Gasteiger partial charge in [0.2, 0.25) is 11.9 Å². The number of hydrogen-bond acceptors (Lipinski definition) is 6. The number of carbonyl (C=O) groups excluding carboxylic acids is 1. The third kappa shape index (κ3) is 2.56. The van der Waals surface area contributed by atoms with Crippen molar-refractivity contribution in [2.75, 3.05) is 11.1 Å². The molecule has 0 saturated heterocycles. The van der Waals surface area contributed by atoms with E-state index in [9.17, 15) is 4.79 Å². The van der Waals surface area contributed by atoms with Gasteiger partial charge < -0.3 is 11.1 Å². The number of nitrogen functional groups attached to an aromatic ring is 1. The van der Waals surface area contributed by atoms with Crippen LogP contribution in [0.1, 0.15) is 12.6 Å². The maximum Gasteiger partial charge on any atom is 0.223 e. The number of nitrogens with one attached hydrogen (secondary N) is 1. The highest BCUT2D eigenvalue weighted by Crippen LogP contribution is 2.31. The topological polar surface area (TPSA) is 93.8 Å². The van der Waals surface area contributed by atoms with Crippen LogP contribution in [0.15, 0.2) is 12.4 Å². The van der Waals surface area contributed by atoms with E-state index in [0.29, 0.717) is 5.13 Å². The van der Waals surface area contributed by atoms with Crippen molar-refractivity contribution >= 4 is 28.3 Å². The molecule has 6 nitrogen and oxygen atoms in total. The van der Waals surface area contributed by atoms with Crippen LogP contribution in [0.3, 0.4) is 0 Å². The van der Waals surface area contributed by atoms with Gasteiger partial charge in [-0.1, -0.05) is 11.3 Å². The van der Waals surface area contributed by atoms with E-state index in [1.807, 2.05) is 6.92 Å². The Morgan fingerprint density at radius 3 is 2.65 bits per heavy atom. The minimum Gasteiger partial charge on any atom is -0.368 e. The lowest BCUT2D eigenvalue weighted by Crippen LogP contribution is -2.04. The molecule has 2 rings (SSSR count). The first-order valence-corrected chi connectivity index (χ1v) is 5.71. The maximum atomic E-state index is 10.9. The highest BCUT2D eigenvalue weighted by atomic mass is 32.1. The lowest BCUT2D eigenvalue weighted by atomic mass is 10.2. The van der Waals surface area contributed by atoms with E-state index in [-0.39, 0.29) is 11.9 Å². The molecule has 0 atom stereocenters. The van der Waals surface area contributed by atoms with Gasteiger partial charge in [0.1, 0.15) is 0 Å². The molecule has 0 aliphatic carbocycles. The Balaban J connectivity index is 2.35. The lowest BCUT2D eigenvalue weighted by Gasteiger charge is -1.97. The van der Waals surface area contributed by atoms with Crippen LogP contribution in [0.4, 0.5) is 11.1 Å². The molecule has 3 N–H and O–H groups in total. The average Bonchev–Trinajstić information content (AvgIpc) is 2.59. The van der Waals surface area contributed by atoms with Gasteiger partial charge in [-0.3, -0.25) is 4.79 Å². The smallest absolute Gasteiger partial charge is 0.223 e. The van der Waals surface area contributed by atoms with Crippen LogP contribution < -0.4 is 11.1 Å². The number of aromatic nitrogens is 3. The largest absolute Gasteiger partial charge is 0.368 e. The number of thiazole rings is 1. The van der Waals surface area contributed by atoms with Crippen LogP contribution in [0, 0.1) is 6.92 Å². The monoisotopic (exact) mass is 249 g/mol. The summed E-state index contributed by atoms with van der Waals surface area (Å²) >= 11 is 1.38. The quantitative estimate of drug-likeness (QED) is 0.840. The van der Waals surface area contributed by atoms with Crippen molar-refractivity contribution in [3.05, 3.63) is 18.1 Å². The maximum absolute atomic E-state index is 10.9. The molecule has 0 unspecified atom stereocenters. The van der Waals surface area contributed by atoms with Crippen LogP contribution in [-0.2, 0) is 4.79 Å². The predicted octanol–water partition coefficient (Wildman–Crippen LogP) is 1.45. The zero-order valence-corrected chi connectivity index (χ0v) is 10.2. The summed E-state index contributed by atoms with van der Waals surface area (Å²) in [6.45, 7) is 3.32. The van der Waals surface area contributed by atoms with Crippen molar-refractivity contribution in [1.29, 1.82) is 0 Å². The molecule has 0 radical (unpaired) electrons. The van der Waals surface area contributed by atoms with Crippen molar-refractivity contribution in [3.8, 4) is 10.4 Å². The molecule has 2 aromatic rings. The molecule has 0 saturated carbocycles. The van der Waals surface area contributed by atoms with Crippen molar-refractivity contribution in [2.24, 2.45) is 0 Å². The summed E-state index contributed by atoms with van der Waals surface area (Å²) < 4.78 is 0. The van der Waals surface area contributed by atoms with E-state index in [0.717, 1.165) is 16.1 Å². The number of rotatable bonds is 2. The number of nitrogens with zero attached hydrogens (tertiary/aromatic N) is 3. The van der Waals surface area contributed by atoms with Crippen molar-refractivity contribution < 1.29 is 4.79 Å². The second-order valence-electron chi connectivity index (χ2n) is 3.44. The lowest BCUT2D eigenvalue weighted by molar-refractivity contribution is -0.114. The van der Waals surface area contributed by atoms with E-state index in [1.165, 1.54) is 18.3 Å². The molecule has 2 aromatic heterocycles. The number of amides is 1. The van der Waals surface area contributed by atoms with Crippen LogP contribution >= 0.6 is 11.3 Å². The fraction of sp³-hybridized carbons (Fsp3) is 0.200. The van der Waals surface area contributed by atoms with Gasteiger partial charge in [0, 0.05) is 24.9 Å². The Bertz CT molecular complexity index is 548. The Hall–Kier alpha value is -2.02. The summed E-state index contributed by atoms with van der Waals surface area (Å²) in [7, 11) is 0. The fourth-order valence-corrected chi connectivity index (χ4v) is 2.31. The molecule has 0 spiro atoms. The molecule has 2 heterocycles. The van der Waals surface area contributed by atoms with E-state index in [4.69, 9.17) is 5.73 Å². The molecular formula is C10H11N5OS. The van der Waals surface area contributed by atoms with Gasteiger partial charge in [-0.2, -0.15) is 0 Å². The summed E-state index contributed by atoms with van der Waals surface area (Å²) in [6.07, 6.45) is 3.28. The zero-order chi connectivity index (χ0) is 12.4. The summed E-state index contributed by atoms with van der Waals surface area (Å²) in [4.78, 5) is 24.0. The minimum absolute atomic E-state index is 0.140. The molecule has 0 aliphatic rings. The third-order valence-corrected chi connectivity index (χ3v) is 3.14. The molecule has 88 valence electrons. The normalized spacial score (nSPS) is 10.2. The van der Waals surface area contributed by atoms with Gasteiger partial charge in [-0.15, -0.1) is 0 Å². The molecule has 0 fully saturated rings. The number of anilines is 2. The Morgan fingerprint density at radius 2 is 2.06 bits per heavy atom. The molecule has 0 aliphatic heterocycles. The predicted molar refractivity (Wildman–Crippen MR) is 66.6 cm³/mol. The Morgan fingerprint density at radius 1 is 1.41 bits per heavy atom. The summed E-state index contributed by atoms with van der Waals surface area (Å²) in [5, 5.41) is 3.22. The van der Waals surface area contributed by atoms with Crippen LogP contribution in [-0.4, -0.2) is 20.9 Å². The summed E-state index contributed by atoms with van der Waals surface area (Å²) in [5.74, 6) is 0.0943. The molecule has 17 heavy (non-hydrogen) atoms. The number of nitrogens with two attached hydrogens (primary N) is 1. The van der Waals surface area contributed by atoms with Crippen LogP contribution in [0.2, 0.25) is 0 Å². The fourth-order valence-electron chi connectivity index (χ4n) is 1.32. The summed E-state index contributed by atoms with van der Waals surface area (Å²) in [6, 6.07) is 0. The SMILES string of the molecule is CC(=O)Nc1nc(C)c(-c2cnc(N)nc2)s1. The average molecular weight is 249 g/mol. The van der Waals surface area contributed by atoms with Gasteiger partial charge in [-0.05, 0) is 6.92 Å². The highest BCUT2D eigenvalue weighted by molar-refractivity contribution is 7.19. The van der Waals surface area contributed by atoms with Gasteiger partial charge in [0.15, 0.2) is 5.13 Å². The number of hydrogen-bond donors (Lipinski definition) is 2. The standard InChI is InChI=1S/C10H11N5OS/c1-5-8(7-3-12-9(11)13-4-7)17-10(14-5)15-6(2)16/h3-4H,1-2H3,(H2,11,12,13)(H,14,15,16). The molecule has 7 heteroatoms. The first kappa shape index (κ1) is 11.5. The number of carbonyl (C=O) groups is 1. The zero-order valence-electron chi connectivity index (χ0n) is 9.39. The van der Waals surface area contributed by atoms with E-state index in [1.54, 1.807) is 12.4 Å². The van der Waals surface area contributed by atoms with E-state index in [2.05, 4.69) is 20.3 Å². The van der Waals surface area contributed by atoms with Gasteiger partial charge in [-0.25, -0.2) is 15.0 Å². The second kappa shape index (κ2) is 4.46. The van der Waals surface area contributed by atoms with Gasteiger partial charge in [0.05, 0.1) is 10.6 Å². The highest BCUT2D eigenvalue weighted by Gasteiger charge is 2.11. The molecule has 1 amide bonds. The Labute approximate surface area is 102 Å². The van der Waals surface area contributed by atoms with E-state index >= 15 is 0 Å². The van der Waals surface area contributed by atoms with Crippen LogP contribution in [0.5, 0.6) is 0 Å². The molecule has 0 bridgehead atoms. The first-order chi connectivity index (χ1) is 8.06. The van der Waals surface area contributed by atoms with E-state index < -0.39 is 0 Å². The van der Waals surface area contributed by atoms with Gasteiger partial charge in [0.25, 0.3) is 0 Å². The van der Waals surface area contributed by atoms with Crippen molar-refractivity contribution in [3.63, 3.8) is 0 Å². The molecule has 0 aromatic carbocycles. The third-order valence-electron chi connectivity index (χ3n) is 2.01. The molecular weight excluding hydrogens is 238 g/mol. The van der Waals surface area contributed by atoms with Crippen molar-refractivity contribution in [2.45, 2.75) is 13.8 Å². The van der Waals surface area contributed by atoms with Crippen LogP contribution in [0.25, 0.3) is 10.4 Å². The number of aryl methyl sites for hydroxylation is 1. The summed E-state index contributed by atoms with van der Waals surface area (Å²) in [5.41, 5.74) is 7.09.